The SMILES string of the molecule is CCc1cccc(NC(=O)c2ncn[nH]2)c1. The summed E-state index contributed by atoms with van der Waals surface area (Å²) in [4.78, 5) is 15.4. The lowest BCUT2D eigenvalue weighted by molar-refractivity contribution is 0.101. The summed E-state index contributed by atoms with van der Waals surface area (Å²) in [5, 5.41) is 8.88. The second-order valence-corrected chi connectivity index (χ2v) is 3.34. The number of carbonyl (C=O) groups excluding carboxylic acids is 1. The van der Waals surface area contributed by atoms with E-state index in [4.69, 9.17) is 0 Å². The normalized spacial score (nSPS) is 10.1. The molecule has 0 radical (unpaired) electrons. The van der Waals surface area contributed by atoms with E-state index in [1.807, 2.05) is 24.3 Å². The lowest BCUT2D eigenvalue weighted by atomic mass is 10.1. The summed E-state index contributed by atoms with van der Waals surface area (Å²) in [6.45, 7) is 2.07. The fraction of sp³-hybridized carbons (Fsp3) is 0.182. The molecule has 0 saturated heterocycles. The van der Waals surface area contributed by atoms with Crippen molar-refractivity contribution in [1.82, 2.24) is 15.2 Å². The van der Waals surface area contributed by atoms with Crippen LogP contribution in [0.15, 0.2) is 30.6 Å². The maximum absolute atomic E-state index is 11.6. The lowest BCUT2D eigenvalue weighted by Gasteiger charge is -2.04. The number of H-pyrrole nitrogens is 1. The molecule has 0 aliphatic heterocycles. The number of hydrogen-bond donors (Lipinski definition) is 2. The van der Waals surface area contributed by atoms with Gasteiger partial charge < -0.3 is 5.32 Å². The van der Waals surface area contributed by atoms with Crippen LogP contribution in [0, 0.1) is 0 Å². The van der Waals surface area contributed by atoms with E-state index < -0.39 is 0 Å². The van der Waals surface area contributed by atoms with E-state index in [0.717, 1.165) is 12.1 Å². The van der Waals surface area contributed by atoms with Gasteiger partial charge in [-0.2, -0.15) is 5.10 Å². The van der Waals surface area contributed by atoms with Crippen molar-refractivity contribution in [2.75, 3.05) is 5.32 Å². The third-order valence-electron chi connectivity index (χ3n) is 2.22. The first kappa shape index (κ1) is 10.4. The van der Waals surface area contributed by atoms with Crippen molar-refractivity contribution in [3.05, 3.63) is 42.0 Å². The zero-order valence-corrected chi connectivity index (χ0v) is 8.90. The maximum Gasteiger partial charge on any atom is 0.292 e. The van der Waals surface area contributed by atoms with Crippen molar-refractivity contribution in [2.45, 2.75) is 13.3 Å². The summed E-state index contributed by atoms with van der Waals surface area (Å²) in [6.07, 6.45) is 2.24. The molecule has 0 atom stereocenters. The molecule has 0 bridgehead atoms. The number of benzene rings is 1. The molecular formula is C11H12N4O. The summed E-state index contributed by atoms with van der Waals surface area (Å²) >= 11 is 0. The molecule has 5 nitrogen and oxygen atoms in total. The Balaban J connectivity index is 2.12. The Hall–Kier alpha value is -2.17. The van der Waals surface area contributed by atoms with Crippen molar-refractivity contribution in [3.8, 4) is 0 Å². The van der Waals surface area contributed by atoms with Crippen molar-refractivity contribution in [1.29, 1.82) is 0 Å². The number of nitrogens with zero attached hydrogens (tertiary/aromatic N) is 2. The molecule has 0 fully saturated rings. The van der Waals surface area contributed by atoms with Crippen LogP contribution >= 0.6 is 0 Å². The van der Waals surface area contributed by atoms with Gasteiger partial charge in [-0.25, -0.2) is 4.98 Å². The van der Waals surface area contributed by atoms with Crippen LogP contribution in [0.25, 0.3) is 0 Å². The molecule has 0 spiro atoms. The molecule has 5 heteroatoms. The van der Waals surface area contributed by atoms with Gasteiger partial charge in [-0.1, -0.05) is 19.1 Å². The topological polar surface area (TPSA) is 70.7 Å². The minimum absolute atomic E-state index is 0.210. The molecule has 0 unspecified atom stereocenters. The number of aryl methyl sites for hydroxylation is 1. The molecule has 0 aliphatic rings. The molecule has 2 N–H and O–H groups in total. The Morgan fingerprint density at radius 1 is 1.50 bits per heavy atom. The summed E-state index contributed by atoms with van der Waals surface area (Å²) in [6, 6.07) is 7.71. The first-order chi connectivity index (χ1) is 7.79. The van der Waals surface area contributed by atoms with Crippen LogP contribution in [0.5, 0.6) is 0 Å². The fourth-order valence-electron chi connectivity index (χ4n) is 1.37. The largest absolute Gasteiger partial charge is 0.319 e. The van der Waals surface area contributed by atoms with Crippen molar-refractivity contribution in [2.24, 2.45) is 0 Å². The molecular weight excluding hydrogens is 204 g/mol. The second-order valence-electron chi connectivity index (χ2n) is 3.34. The minimum Gasteiger partial charge on any atom is -0.319 e. The Morgan fingerprint density at radius 3 is 3.06 bits per heavy atom. The maximum atomic E-state index is 11.6. The van der Waals surface area contributed by atoms with E-state index in [2.05, 4.69) is 27.4 Å². The Kier molecular flexibility index (Phi) is 2.95. The van der Waals surface area contributed by atoms with Crippen molar-refractivity contribution >= 4 is 11.6 Å². The highest BCUT2D eigenvalue weighted by Crippen LogP contribution is 2.11. The predicted molar refractivity (Wildman–Crippen MR) is 60.2 cm³/mol. The molecule has 82 valence electrons. The highest BCUT2D eigenvalue weighted by Gasteiger charge is 2.08. The molecule has 1 aromatic heterocycles. The van der Waals surface area contributed by atoms with E-state index in [1.165, 1.54) is 11.9 Å². The summed E-state index contributed by atoms with van der Waals surface area (Å²) in [5.41, 5.74) is 1.94. The number of nitrogens with one attached hydrogen (secondary N) is 2. The molecule has 16 heavy (non-hydrogen) atoms. The number of anilines is 1. The van der Waals surface area contributed by atoms with Gasteiger partial charge in [0.05, 0.1) is 0 Å². The molecule has 2 aromatic rings. The summed E-state index contributed by atoms with van der Waals surface area (Å²) < 4.78 is 0. The van der Waals surface area contributed by atoms with E-state index in [1.54, 1.807) is 0 Å². The number of rotatable bonds is 3. The third-order valence-corrected chi connectivity index (χ3v) is 2.22. The van der Waals surface area contributed by atoms with Gasteiger partial charge in [0.15, 0.2) is 0 Å². The Labute approximate surface area is 92.9 Å². The average Bonchev–Trinajstić information content (AvgIpc) is 2.83. The number of aromatic nitrogens is 3. The van der Waals surface area contributed by atoms with Crippen LogP contribution in [0.2, 0.25) is 0 Å². The quantitative estimate of drug-likeness (QED) is 0.819. The highest BCUT2D eigenvalue weighted by molar-refractivity contribution is 6.01. The Morgan fingerprint density at radius 2 is 2.38 bits per heavy atom. The van der Waals surface area contributed by atoms with Crippen LogP contribution < -0.4 is 5.32 Å². The Bertz CT molecular complexity index is 478. The van der Waals surface area contributed by atoms with Gasteiger partial charge in [0.1, 0.15) is 6.33 Å². The van der Waals surface area contributed by atoms with Crippen LogP contribution in [0.1, 0.15) is 23.1 Å². The van der Waals surface area contributed by atoms with E-state index in [-0.39, 0.29) is 11.7 Å². The van der Waals surface area contributed by atoms with Crippen molar-refractivity contribution in [3.63, 3.8) is 0 Å². The van der Waals surface area contributed by atoms with Gasteiger partial charge >= 0.3 is 0 Å². The van der Waals surface area contributed by atoms with Crippen LogP contribution in [0.3, 0.4) is 0 Å². The molecule has 0 saturated carbocycles. The second kappa shape index (κ2) is 4.57. The van der Waals surface area contributed by atoms with Gasteiger partial charge in [0, 0.05) is 5.69 Å². The van der Waals surface area contributed by atoms with Crippen LogP contribution in [-0.4, -0.2) is 21.1 Å². The standard InChI is InChI=1S/C11H12N4O/c1-2-8-4-3-5-9(6-8)14-11(16)10-12-7-13-15-10/h3-7H,2H2,1H3,(H,14,16)(H,12,13,15). The van der Waals surface area contributed by atoms with Crippen LogP contribution in [0.4, 0.5) is 5.69 Å². The van der Waals surface area contributed by atoms with Gasteiger partial charge in [-0.05, 0) is 24.1 Å². The minimum atomic E-state index is -0.286. The van der Waals surface area contributed by atoms with Gasteiger partial charge in [0.25, 0.3) is 5.91 Å². The van der Waals surface area contributed by atoms with Crippen molar-refractivity contribution < 1.29 is 4.79 Å². The van der Waals surface area contributed by atoms with Gasteiger partial charge in [-0.15, -0.1) is 0 Å². The highest BCUT2D eigenvalue weighted by atomic mass is 16.2. The number of hydrogen-bond acceptors (Lipinski definition) is 3. The molecule has 0 aliphatic carbocycles. The number of carbonyl (C=O) groups is 1. The lowest BCUT2D eigenvalue weighted by Crippen LogP contribution is -2.13. The van der Waals surface area contributed by atoms with E-state index >= 15 is 0 Å². The first-order valence-corrected chi connectivity index (χ1v) is 5.05. The number of amides is 1. The van der Waals surface area contributed by atoms with E-state index in [0.29, 0.717) is 0 Å². The summed E-state index contributed by atoms with van der Waals surface area (Å²) in [7, 11) is 0. The number of aromatic amines is 1. The van der Waals surface area contributed by atoms with E-state index in [9.17, 15) is 4.79 Å². The van der Waals surface area contributed by atoms with Gasteiger partial charge in [0.2, 0.25) is 5.82 Å². The molecule has 1 aromatic carbocycles. The molecule has 1 heterocycles. The average molecular weight is 216 g/mol. The van der Waals surface area contributed by atoms with Crippen LogP contribution in [-0.2, 0) is 6.42 Å². The zero-order valence-electron chi connectivity index (χ0n) is 8.90. The summed E-state index contributed by atoms with van der Waals surface area (Å²) in [5.74, 6) is -0.0762. The first-order valence-electron chi connectivity index (χ1n) is 5.05. The van der Waals surface area contributed by atoms with Gasteiger partial charge in [-0.3, -0.25) is 9.89 Å². The molecule has 1 amide bonds. The predicted octanol–water partition coefficient (Wildman–Crippen LogP) is 1.62. The smallest absolute Gasteiger partial charge is 0.292 e. The monoisotopic (exact) mass is 216 g/mol. The third kappa shape index (κ3) is 2.25. The fourth-order valence-corrected chi connectivity index (χ4v) is 1.37. The zero-order chi connectivity index (χ0) is 11.4. The molecule has 2 rings (SSSR count).